The molecule has 0 nitrogen and oxygen atoms in total. The first-order chi connectivity index (χ1) is 18.4. The third-order valence-corrected chi connectivity index (χ3v) is 8.01. The Labute approximate surface area is 244 Å². The molecule has 0 aliphatic rings. The van der Waals surface area contributed by atoms with Crippen molar-refractivity contribution >= 4 is 0 Å². The van der Waals surface area contributed by atoms with Crippen LogP contribution in [-0.2, 0) is 21.7 Å². The van der Waals surface area contributed by atoms with E-state index in [1.54, 1.807) is 0 Å². The molecule has 0 bridgehead atoms. The summed E-state index contributed by atoms with van der Waals surface area (Å²) in [4.78, 5) is 0. The zero-order valence-corrected chi connectivity index (χ0v) is 27.0. The van der Waals surface area contributed by atoms with Gasteiger partial charge in [0.1, 0.15) is 0 Å². The minimum atomic E-state index is -0.0272. The van der Waals surface area contributed by atoms with E-state index in [0.29, 0.717) is 0 Å². The molecule has 40 heavy (non-hydrogen) atoms. The summed E-state index contributed by atoms with van der Waals surface area (Å²) in [6, 6.07) is 33.2. The molecule has 0 aliphatic carbocycles. The number of rotatable bonds is 3. The number of hydrogen-bond acceptors (Lipinski definition) is 0. The standard InChI is InChI=1S/C40H49/c1-37(2,3)28-21-23-31(34(25-28)39(7,8)9)32-20-16-19-30(27-17-14-13-15-18-27)36(32)33-24-22-29(38(4,5)6)26-35(33)40(10,11)12/h13-19,21-26H,1-12H3. The summed E-state index contributed by atoms with van der Waals surface area (Å²) in [7, 11) is 0. The van der Waals surface area contributed by atoms with Crippen LogP contribution >= 0.6 is 0 Å². The lowest BCUT2D eigenvalue weighted by atomic mass is 9.73. The second-order valence-corrected chi connectivity index (χ2v) is 15.5. The predicted molar refractivity (Wildman–Crippen MR) is 176 cm³/mol. The van der Waals surface area contributed by atoms with Gasteiger partial charge in [0.05, 0.1) is 0 Å². The topological polar surface area (TPSA) is 0 Å². The molecule has 0 atom stereocenters. The Hall–Kier alpha value is -3.12. The maximum atomic E-state index is 3.76. The Morgan fingerprint density at radius 3 is 1.40 bits per heavy atom. The van der Waals surface area contributed by atoms with Crippen LogP contribution in [0.3, 0.4) is 0 Å². The average Bonchev–Trinajstić information content (AvgIpc) is 2.86. The van der Waals surface area contributed by atoms with Crippen LogP contribution in [-0.4, -0.2) is 0 Å². The van der Waals surface area contributed by atoms with Crippen LogP contribution < -0.4 is 0 Å². The molecule has 0 fully saturated rings. The molecule has 1 radical (unpaired) electrons. The first-order valence-corrected chi connectivity index (χ1v) is 14.8. The minimum absolute atomic E-state index is 0.0204. The van der Waals surface area contributed by atoms with Crippen molar-refractivity contribution in [1.82, 2.24) is 0 Å². The molecule has 0 unspecified atom stereocenters. The highest BCUT2D eigenvalue weighted by molar-refractivity contribution is 5.96. The lowest BCUT2D eigenvalue weighted by molar-refractivity contribution is 0.568. The van der Waals surface area contributed by atoms with Crippen molar-refractivity contribution in [3.63, 3.8) is 0 Å². The van der Waals surface area contributed by atoms with Gasteiger partial charge in [-0.3, -0.25) is 0 Å². The van der Waals surface area contributed by atoms with Gasteiger partial charge >= 0.3 is 0 Å². The molecule has 0 heterocycles. The van der Waals surface area contributed by atoms with E-state index in [-0.39, 0.29) is 21.7 Å². The smallest absolute Gasteiger partial charge is 0.00173 e. The molecule has 0 aromatic heterocycles. The van der Waals surface area contributed by atoms with Gasteiger partial charge in [0, 0.05) is 0 Å². The van der Waals surface area contributed by atoms with Gasteiger partial charge in [-0.25, -0.2) is 0 Å². The first-order valence-electron chi connectivity index (χ1n) is 14.8. The fourth-order valence-electron chi connectivity index (χ4n) is 5.55. The highest BCUT2D eigenvalue weighted by atomic mass is 14.3. The molecular weight excluding hydrogens is 480 g/mol. The molecule has 0 N–H and O–H groups in total. The molecule has 4 aromatic rings. The van der Waals surface area contributed by atoms with Crippen molar-refractivity contribution in [3.05, 3.63) is 107 Å². The van der Waals surface area contributed by atoms with Crippen LogP contribution in [0.25, 0.3) is 33.4 Å². The van der Waals surface area contributed by atoms with Crippen LogP contribution in [0, 0.1) is 6.07 Å². The van der Waals surface area contributed by atoms with E-state index in [1.807, 2.05) is 0 Å². The summed E-state index contributed by atoms with van der Waals surface area (Å²) in [6.07, 6.45) is 0. The Balaban J connectivity index is 2.16. The van der Waals surface area contributed by atoms with Gasteiger partial charge in [-0.15, -0.1) is 0 Å². The van der Waals surface area contributed by atoms with Crippen molar-refractivity contribution in [2.45, 2.75) is 105 Å². The highest BCUT2D eigenvalue weighted by Crippen LogP contribution is 2.47. The Morgan fingerprint density at radius 2 is 0.925 bits per heavy atom. The van der Waals surface area contributed by atoms with Crippen LogP contribution in [0.2, 0.25) is 0 Å². The van der Waals surface area contributed by atoms with Crippen LogP contribution in [0.5, 0.6) is 0 Å². The second-order valence-electron chi connectivity index (χ2n) is 15.5. The van der Waals surface area contributed by atoms with Crippen molar-refractivity contribution in [1.29, 1.82) is 0 Å². The Morgan fingerprint density at radius 1 is 0.450 bits per heavy atom. The molecule has 0 saturated carbocycles. The zero-order valence-electron chi connectivity index (χ0n) is 27.0. The van der Waals surface area contributed by atoms with E-state index in [9.17, 15) is 0 Å². The minimum Gasteiger partial charge on any atom is -0.0622 e. The van der Waals surface area contributed by atoms with Crippen molar-refractivity contribution < 1.29 is 0 Å². The highest BCUT2D eigenvalue weighted by Gasteiger charge is 2.28. The molecule has 0 spiro atoms. The summed E-state index contributed by atoms with van der Waals surface area (Å²) >= 11 is 0. The van der Waals surface area contributed by atoms with Gasteiger partial charge in [-0.2, -0.15) is 0 Å². The molecule has 0 amide bonds. The molecule has 4 rings (SSSR count). The Kier molecular flexibility index (Phi) is 7.74. The maximum absolute atomic E-state index is 3.76. The van der Waals surface area contributed by atoms with E-state index in [4.69, 9.17) is 0 Å². The van der Waals surface area contributed by atoms with E-state index >= 15 is 0 Å². The summed E-state index contributed by atoms with van der Waals surface area (Å²) in [5.74, 6) is 0. The molecule has 209 valence electrons. The molecule has 4 aromatic carbocycles. The van der Waals surface area contributed by atoms with Gasteiger partial charge in [-0.05, 0) is 83.4 Å². The maximum Gasteiger partial charge on any atom is -0.00173 e. The third-order valence-electron chi connectivity index (χ3n) is 8.01. The lowest BCUT2D eigenvalue weighted by Gasteiger charge is -2.31. The van der Waals surface area contributed by atoms with E-state index in [1.165, 1.54) is 55.6 Å². The van der Waals surface area contributed by atoms with E-state index < -0.39 is 0 Å². The Bertz CT molecular complexity index is 1490. The first kappa shape index (κ1) is 29.9. The molecule has 0 saturated heterocycles. The zero-order chi connectivity index (χ0) is 29.7. The van der Waals surface area contributed by atoms with Crippen molar-refractivity contribution in [3.8, 4) is 33.4 Å². The SMILES string of the molecule is CC(C)(C)c1ccc(-c2[c]ccc(-c3ccccc3)c2-c2ccc(C(C)(C)C)cc2C(C)(C)C)c(C(C)(C)C)c1. The summed E-state index contributed by atoms with van der Waals surface area (Å²) in [5, 5.41) is 0. The summed E-state index contributed by atoms with van der Waals surface area (Å²) in [5.41, 5.74) is 13.1. The van der Waals surface area contributed by atoms with E-state index in [0.717, 1.165) is 0 Å². The second kappa shape index (κ2) is 10.4. The van der Waals surface area contributed by atoms with Crippen LogP contribution in [0.4, 0.5) is 0 Å². The number of benzene rings is 4. The molecular formula is C40H49. The van der Waals surface area contributed by atoms with Gasteiger partial charge in [0.2, 0.25) is 0 Å². The molecule has 0 heteroatoms. The van der Waals surface area contributed by atoms with Crippen LogP contribution in [0.1, 0.15) is 105 Å². The average molecular weight is 530 g/mol. The molecule has 0 aliphatic heterocycles. The van der Waals surface area contributed by atoms with Crippen molar-refractivity contribution in [2.75, 3.05) is 0 Å². The van der Waals surface area contributed by atoms with Crippen LogP contribution in [0.15, 0.2) is 78.9 Å². The number of hydrogen-bond donors (Lipinski definition) is 0. The quantitative estimate of drug-likeness (QED) is 0.247. The fourth-order valence-corrected chi connectivity index (χ4v) is 5.55. The fraction of sp³-hybridized carbons (Fsp3) is 0.400. The van der Waals surface area contributed by atoms with Gasteiger partial charge in [0.25, 0.3) is 0 Å². The van der Waals surface area contributed by atoms with Gasteiger partial charge in [-0.1, -0.05) is 162 Å². The monoisotopic (exact) mass is 529 g/mol. The largest absolute Gasteiger partial charge is 0.0622 e. The summed E-state index contributed by atoms with van der Waals surface area (Å²) < 4.78 is 0. The predicted octanol–water partition coefficient (Wildman–Crippen LogP) is 11.7. The van der Waals surface area contributed by atoms with Crippen molar-refractivity contribution in [2.24, 2.45) is 0 Å². The normalized spacial score (nSPS) is 13.0. The van der Waals surface area contributed by atoms with E-state index in [2.05, 4.69) is 168 Å². The lowest BCUT2D eigenvalue weighted by Crippen LogP contribution is -2.18. The van der Waals surface area contributed by atoms with Gasteiger partial charge < -0.3 is 0 Å². The third kappa shape index (κ3) is 6.12. The summed E-state index contributed by atoms with van der Waals surface area (Å²) in [6.45, 7) is 27.8. The van der Waals surface area contributed by atoms with Gasteiger partial charge in [0.15, 0.2) is 0 Å².